The summed E-state index contributed by atoms with van der Waals surface area (Å²) in [4.78, 5) is 27.4. The second-order valence-corrected chi connectivity index (χ2v) is 8.08. The molecule has 24 heavy (non-hydrogen) atoms. The van der Waals surface area contributed by atoms with Gasteiger partial charge in [0.2, 0.25) is 0 Å². The van der Waals surface area contributed by atoms with Gasteiger partial charge in [0.05, 0.1) is 21.8 Å². The lowest BCUT2D eigenvalue weighted by atomic mass is 9.92. The van der Waals surface area contributed by atoms with Gasteiger partial charge in [0.15, 0.2) is 5.82 Å². The van der Waals surface area contributed by atoms with Crippen molar-refractivity contribution in [3.05, 3.63) is 32.3 Å². The molecular weight excluding hydrogens is 344 g/mol. The van der Waals surface area contributed by atoms with E-state index in [0.717, 1.165) is 48.7 Å². The topological polar surface area (TPSA) is 61.9 Å². The summed E-state index contributed by atoms with van der Waals surface area (Å²) in [5.41, 5.74) is 3.13. The van der Waals surface area contributed by atoms with Gasteiger partial charge in [0, 0.05) is 12.5 Å². The number of thiazole rings is 1. The molecule has 3 rings (SSSR count). The molecule has 5 nitrogen and oxygen atoms in total. The predicted octanol–water partition coefficient (Wildman–Crippen LogP) is 3.69. The first-order valence-corrected chi connectivity index (χ1v) is 9.64. The Morgan fingerprint density at radius 3 is 2.71 bits per heavy atom. The monoisotopic (exact) mass is 366 g/mol. The van der Waals surface area contributed by atoms with E-state index in [2.05, 4.69) is 28.7 Å². The highest BCUT2D eigenvalue weighted by Crippen LogP contribution is 2.32. The summed E-state index contributed by atoms with van der Waals surface area (Å²) < 4.78 is 0. The maximum Gasteiger partial charge on any atom is 0.270 e. The lowest BCUT2D eigenvalue weighted by Crippen LogP contribution is -2.36. The number of halogens is 1. The summed E-state index contributed by atoms with van der Waals surface area (Å²) in [5, 5.41) is 0.239. The Bertz CT molecular complexity index is 762. The van der Waals surface area contributed by atoms with Crippen LogP contribution in [0.25, 0.3) is 10.7 Å². The Hall–Kier alpha value is -1.24. The van der Waals surface area contributed by atoms with Crippen LogP contribution in [0.3, 0.4) is 0 Å². The standard InChI is InChI=1S/C17H23ClN4OS/c1-10(2)8-22-6-4-12(5-7-22)14-13(18)17(23)21-16(20-14)15-11(3)19-9-24-15/h9-10,12H,4-8H2,1-3H3,(H,20,21,23). The minimum absolute atomic E-state index is 0.239. The molecule has 0 bridgehead atoms. The van der Waals surface area contributed by atoms with Crippen molar-refractivity contribution in [2.75, 3.05) is 19.6 Å². The molecule has 7 heteroatoms. The van der Waals surface area contributed by atoms with Crippen LogP contribution in [0.4, 0.5) is 0 Å². The molecule has 2 aromatic heterocycles. The van der Waals surface area contributed by atoms with Crippen LogP contribution in [-0.2, 0) is 0 Å². The molecular formula is C17H23ClN4OS. The van der Waals surface area contributed by atoms with E-state index in [4.69, 9.17) is 16.6 Å². The quantitative estimate of drug-likeness (QED) is 0.896. The summed E-state index contributed by atoms with van der Waals surface area (Å²) in [6.07, 6.45) is 1.98. The highest BCUT2D eigenvalue weighted by Gasteiger charge is 2.26. The van der Waals surface area contributed by atoms with E-state index in [-0.39, 0.29) is 16.5 Å². The van der Waals surface area contributed by atoms with Crippen molar-refractivity contribution in [3.63, 3.8) is 0 Å². The normalized spacial score (nSPS) is 16.9. The maximum absolute atomic E-state index is 12.3. The van der Waals surface area contributed by atoms with Crippen LogP contribution < -0.4 is 5.56 Å². The van der Waals surface area contributed by atoms with Gasteiger partial charge in [-0.2, -0.15) is 0 Å². The number of hydrogen-bond acceptors (Lipinski definition) is 5. The zero-order chi connectivity index (χ0) is 17.3. The molecule has 0 aromatic carbocycles. The third kappa shape index (κ3) is 3.71. The summed E-state index contributed by atoms with van der Waals surface area (Å²) in [7, 11) is 0. The first-order chi connectivity index (χ1) is 11.5. The van der Waals surface area contributed by atoms with Crippen molar-refractivity contribution >= 4 is 22.9 Å². The van der Waals surface area contributed by atoms with Crippen LogP contribution in [0, 0.1) is 12.8 Å². The molecule has 0 spiro atoms. The Kier molecular flexibility index (Phi) is 5.37. The first kappa shape index (κ1) is 17.6. The third-order valence-corrected chi connectivity index (χ3v) is 5.75. The summed E-state index contributed by atoms with van der Waals surface area (Å²) in [6.45, 7) is 9.58. The van der Waals surface area contributed by atoms with Gasteiger partial charge in [0.25, 0.3) is 5.56 Å². The van der Waals surface area contributed by atoms with Crippen molar-refractivity contribution < 1.29 is 0 Å². The first-order valence-electron chi connectivity index (χ1n) is 8.38. The van der Waals surface area contributed by atoms with Gasteiger partial charge in [-0.1, -0.05) is 25.4 Å². The van der Waals surface area contributed by atoms with Gasteiger partial charge < -0.3 is 9.88 Å². The summed E-state index contributed by atoms with van der Waals surface area (Å²) in [6, 6.07) is 0. The number of piperidine rings is 1. The van der Waals surface area contributed by atoms with Crippen LogP contribution in [0.15, 0.2) is 10.3 Å². The van der Waals surface area contributed by atoms with Crippen molar-refractivity contribution in [1.82, 2.24) is 19.9 Å². The molecule has 0 atom stereocenters. The van der Waals surface area contributed by atoms with Gasteiger partial charge in [-0.25, -0.2) is 9.97 Å². The average Bonchev–Trinajstić information content (AvgIpc) is 2.96. The minimum atomic E-state index is -0.255. The van der Waals surface area contributed by atoms with E-state index in [0.29, 0.717) is 11.7 Å². The van der Waals surface area contributed by atoms with E-state index in [1.807, 2.05) is 6.92 Å². The molecule has 3 heterocycles. The fraction of sp³-hybridized carbons (Fsp3) is 0.588. The van der Waals surface area contributed by atoms with Crippen molar-refractivity contribution in [1.29, 1.82) is 0 Å². The fourth-order valence-electron chi connectivity index (χ4n) is 3.29. The van der Waals surface area contributed by atoms with Crippen LogP contribution in [0.5, 0.6) is 0 Å². The van der Waals surface area contributed by atoms with Gasteiger partial charge in [-0.05, 0) is 38.8 Å². The van der Waals surface area contributed by atoms with E-state index >= 15 is 0 Å². The van der Waals surface area contributed by atoms with Gasteiger partial charge in [0.1, 0.15) is 5.02 Å². The Labute approximate surface area is 151 Å². The molecule has 0 saturated carbocycles. The van der Waals surface area contributed by atoms with Crippen LogP contribution in [0.1, 0.15) is 44.0 Å². The van der Waals surface area contributed by atoms with Crippen molar-refractivity contribution in [2.24, 2.45) is 5.92 Å². The van der Waals surface area contributed by atoms with E-state index in [9.17, 15) is 4.79 Å². The molecule has 1 aliphatic heterocycles. The predicted molar refractivity (Wildman–Crippen MR) is 99.0 cm³/mol. The van der Waals surface area contributed by atoms with Gasteiger partial charge in [-0.3, -0.25) is 4.79 Å². The second-order valence-electron chi connectivity index (χ2n) is 6.85. The molecule has 0 unspecified atom stereocenters. The van der Waals surface area contributed by atoms with Crippen LogP contribution in [-0.4, -0.2) is 39.5 Å². The maximum atomic E-state index is 12.3. The summed E-state index contributed by atoms with van der Waals surface area (Å²) in [5.74, 6) is 1.50. The van der Waals surface area contributed by atoms with Gasteiger partial charge >= 0.3 is 0 Å². The summed E-state index contributed by atoms with van der Waals surface area (Å²) >= 11 is 7.77. The molecule has 1 saturated heterocycles. The SMILES string of the molecule is Cc1ncsc1-c1nc(C2CCN(CC(C)C)CC2)c(Cl)c(=O)[nH]1. The largest absolute Gasteiger partial charge is 0.304 e. The zero-order valence-electron chi connectivity index (χ0n) is 14.3. The van der Waals surface area contributed by atoms with Crippen molar-refractivity contribution in [3.8, 4) is 10.7 Å². The number of H-pyrrole nitrogens is 1. The molecule has 1 N–H and O–H groups in total. The molecule has 0 radical (unpaired) electrons. The number of rotatable bonds is 4. The molecule has 0 aliphatic carbocycles. The Balaban J connectivity index is 1.85. The lowest BCUT2D eigenvalue weighted by Gasteiger charge is -2.32. The highest BCUT2D eigenvalue weighted by molar-refractivity contribution is 7.13. The molecule has 2 aromatic rings. The smallest absolute Gasteiger partial charge is 0.270 e. The Morgan fingerprint density at radius 1 is 1.42 bits per heavy atom. The number of nitrogens with zero attached hydrogens (tertiary/aromatic N) is 3. The lowest BCUT2D eigenvalue weighted by molar-refractivity contribution is 0.191. The van der Waals surface area contributed by atoms with Crippen LogP contribution in [0.2, 0.25) is 5.02 Å². The van der Waals surface area contributed by atoms with E-state index < -0.39 is 0 Å². The van der Waals surface area contributed by atoms with E-state index in [1.165, 1.54) is 11.3 Å². The van der Waals surface area contributed by atoms with Crippen LogP contribution >= 0.6 is 22.9 Å². The third-order valence-electron chi connectivity index (χ3n) is 4.45. The number of hydrogen-bond donors (Lipinski definition) is 1. The average molecular weight is 367 g/mol. The van der Waals surface area contributed by atoms with Gasteiger partial charge in [-0.15, -0.1) is 11.3 Å². The Morgan fingerprint density at radius 2 is 2.12 bits per heavy atom. The van der Waals surface area contributed by atoms with Crippen molar-refractivity contribution in [2.45, 2.75) is 39.5 Å². The number of nitrogens with one attached hydrogen (secondary N) is 1. The fourth-order valence-corrected chi connectivity index (χ4v) is 4.28. The molecule has 130 valence electrons. The minimum Gasteiger partial charge on any atom is -0.304 e. The van der Waals surface area contributed by atoms with E-state index in [1.54, 1.807) is 5.51 Å². The highest BCUT2D eigenvalue weighted by atomic mass is 35.5. The molecule has 1 aliphatic rings. The number of aromatic nitrogens is 3. The zero-order valence-corrected chi connectivity index (χ0v) is 15.9. The molecule has 0 amide bonds. The number of aromatic amines is 1. The number of likely N-dealkylation sites (tertiary alicyclic amines) is 1. The molecule has 1 fully saturated rings. The second kappa shape index (κ2) is 7.33. The number of aryl methyl sites for hydroxylation is 1.